The zero-order valence-electron chi connectivity index (χ0n) is 32.7. The number of nitrogens with zero attached hydrogens (tertiary/aromatic N) is 1. The van der Waals surface area contributed by atoms with E-state index in [2.05, 4.69) is 229 Å². The molecule has 0 bridgehead atoms. The molecular weight excluding hydrogens is 727 g/mol. The highest BCUT2D eigenvalue weighted by Crippen LogP contribution is 2.44. The lowest BCUT2D eigenvalue weighted by atomic mass is 9.92. The third-order valence-corrected chi connectivity index (χ3v) is 12.2. The lowest BCUT2D eigenvalue weighted by Gasteiger charge is -2.13. The van der Waals surface area contributed by atoms with Gasteiger partial charge < -0.3 is 8.98 Å². The summed E-state index contributed by atoms with van der Waals surface area (Å²) in [5.74, 6) is 0. The highest BCUT2D eigenvalue weighted by molar-refractivity contribution is 6.22. The topological polar surface area (TPSA) is 18.1 Å². The highest BCUT2D eigenvalue weighted by atomic mass is 16.3. The molecule has 0 aliphatic heterocycles. The Hall–Kier alpha value is -7.94. The second-order valence-electron chi connectivity index (χ2n) is 15.7. The van der Waals surface area contributed by atoms with E-state index >= 15 is 0 Å². The van der Waals surface area contributed by atoms with Gasteiger partial charge in [-0.3, -0.25) is 0 Å². The molecule has 0 atom stereocenters. The summed E-state index contributed by atoms with van der Waals surface area (Å²) in [5, 5.41) is 6.99. The fourth-order valence-electron chi connectivity index (χ4n) is 9.35. The van der Waals surface area contributed by atoms with Gasteiger partial charge in [0.05, 0.1) is 16.7 Å². The monoisotopic (exact) mass is 763 g/mol. The second-order valence-corrected chi connectivity index (χ2v) is 15.7. The van der Waals surface area contributed by atoms with Crippen LogP contribution in [0.25, 0.3) is 116 Å². The maximum absolute atomic E-state index is 6.81. The molecule has 0 spiro atoms. The molecular formula is C58H37NO. The average Bonchev–Trinajstić information content (AvgIpc) is 3.88. The van der Waals surface area contributed by atoms with Gasteiger partial charge in [0, 0.05) is 32.3 Å². The molecule has 0 aliphatic rings. The van der Waals surface area contributed by atoms with Crippen molar-refractivity contribution in [1.82, 2.24) is 4.57 Å². The van der Waals surface area contributed by atoms with Crippen LogP contribution in [-0.4, -0.2) is 4.57 Å². The van der Waals surface area contributed by atoms with Gasteiger partial charge in [0.25, 0.3) is 0 Å². The van der Waals surface area contributed by atoms with Crippen LogP contribution in [0.3, 0.4) is 0 Å². The van der Waals surface area contributed by atoms with Crippen molar-refractivity contribution >= 4 is 54.5 Å². The number of benzene rings is 10. The summed E-state index contributed by atoms with van der Waals surface area (Å²) >= 11 is 0. The Morgan fingerprint density at radius 1 is 0.283 bits per heavy atom. The van der Waals surface area contributed by atoms with Crippen LogP contribution in [-0.2, 0) is 0 Å². The van der Waals surface area contributed by atoms with E-state index in [1.54, 1.807) is 0 Å². The minimum Gasteiger partial charge on any atom is -0.455 e. The Bertz CT molecular complexity index is 3460. The molecule has 2 nitrogen and oxygen atoms in total. The van der Waals surface area contributed by atoms with Crippen molar-refractivity contribution < 1.29 is 4.42 Å². The van der Waals surface area contributed by atoms with Crippen LogP contribution < -0.4 is 0 Å². The summed E-state index contributed by atoms with van der Waals surface area (Å²) in [6.07, 6.45) is 0. The van der Waals surface area contributed by atoms with Gasteiger partial charge in [0.1, 0.15) is 11.2 Å². The molecule has 0 saturated carbocycles. The molecule has 12 aromatic rings. The molecule has 10 aromatic carbocycles. The lowest BCUT2D eigenvalue weighted by molar-refractivity contribution is 0.672. The standard InChI is InChI=1S/C58H37NO/c1-3-15-38(16-4-1)44-34-45(39-17-5-2-6-18-39)36-46(35-44)41-31-29-40(30-32-41)42-19-13-20-43(33-42)47-25-14-28-56-57(47)52-37-55(50-23-7-8-24-51(50)58(52)60-56)59-53-26-11-9-21-48(53)49-22-10-12-27-54(49)59/h1-37H. The summed E-state index contributed by atoms with van der Waals surface area (Å²) in [5.41, 5.74) is 17.2. The summed E-state index contributed by atoms with van der Waals surface area (Å²) in [6, 6.07) is 81.1. The van der Waals surface area contributed by atoms with E-state index in [9.17, 15) is 0 Å². The third kappa shape index (κ3) is 5.57. The molecule has 2 aromatic heterocycles. The molecule has 0 saturated heterocycles. The van der Waals surface area contributed by atoms with E-state index in [4.69, 9.17) is 4.42 Å². The van der Waals surface area contributed by atoms with Crippen molar-refractivity contribution in [2.24, 2.45) is 0 Å². The van der Waals surface area contributed by atoms with E-state index in [1.807, 2.05) is 0 Å². The van der Waals surface area contributed by atoms with Crippen LogP contribution in [0.1, 0.15) is 0 Å². The Balaban J connectivity index is 0.979. The van der Waals surface area contributed by atoms with Crippen LogP contribution in [0.15, 0.2) is 229 Å². The predicted molar refractivity (Wildman–Crippen MR) is 253 cm³/mol. The molecule has 0 unspecified atom stereocenters. The molecule has 280 valence electrons. The van der Waals surface area contributed by atoms with Gasteiger partial charge in [-0.05, 0) is 104 Å². The largest absolute Gasteiger partial charge is 0.455 e. The van der Waals surface area contributed by atoms with Gasteiger partial charge in [-0.2, -0.15) is 0 Å². The van der Waals surface area contributed by atoms with Crippen molar-refractivity contribution in [3.05, 3.63) is 224 Å². The number of furan rings is 1. The number of hydrogen-bond donors (Lipinski definition) is 0. The number of hydrogen-bond acceptors (Lipinski definition) is 1. The molecule has 0 aliphatic carbocycles. The quantitative estimate of drug-likeness (QED) is 0.165. The SMILES string of the molecule is c1ccc(-c2cc(-c3ccccc3)cc(-c3ccc(-c4cccc(-c5cccc6oc7c8ccccc8c(-n8c9ccccc9c9ccccc98)cc7c56)c4)cc3)c2)cc1. The Kier molecular flexibility index (Phi) is 7.89. The Labute approximate surface area is 347 Å². The maximum Gasteiger partial charge on any atom is 0.143 e. The Morgan fingerprint density at radius 2 is 0.733 bits per heavy atom. The van der Waals surface area contributed by atoms with Crippen molar-refractivity contribution in [1.29, 1.82) is 0 Å². The summed E-state index contributed by atoms with van der Waals surface area (Å²) in [4.78, 5) is 0. The molecule has 0 fully saturated rings. The van der Waals surface area contributed by atoms with Crippen molar-refractivity contribution in [3.63, 3.8) is 0 Å². The molecule has 2 heteroatoms. The zero-order chi connectivity index (χ0) is 39.6. The van der Waals surface area contributed by atoms with Gasteiger partial charge in [-0.15, -0.1) is 0 Å². The first-order valence-electron chi connectivity index (χ1n) is 20.6. The summed E-state index contributed by atoms with van der Waals surface area (Å²) < 4.78 is 9.24. The summed E-state index contributed by atoms with van der Waals surface area (Å²) in [7, 11) is 0. The first kappa shape index (κ1) is 34.1. The number of fused-ring (bicyclic) bond motifs is 8. The lowest BCUT2D eigenvalue weighted by Crippen LogP contribution is -1.95. The second kappa shape index (κ2) is 13.9. The molecule has 60 heavy (non-hydrogen) atoms. The van der Waals surface area contributed by atoms with Gasteiger partial charge in [-0.25, -0.2) is 0 Å². The van der Waals surface area contributed by atoms with Crippen LogP contribution in [0.4, 0.5) is 0 Å². The maximum atomic E-state index is 6.81. The zero-order valence-corrected chi connectivity index (χ0v) is 32.7. The summed E-state index contributed by atoms with van der Waals surface area (Å²) in [6.45, 7) is 0. The minimum absolute atomic E-state index is 0.884. The van der Waals surface area contributed by atoms with Crippen molar-refractivity contribution in [2.75, 3.05) is 0 Å². The Morgan fingerprint density at radius 3 is 1.35 bits per heavy atom. The molecule has 0 N–H and O–H groups in total. The van der Waals surface area contributed by atoms with E-state index < -0.39 is 0 Å². The van der Waals surface area contributed by atoms with Crippen molar-refractivity contribution in [2.45, 2.75) is 0 Å². The van der Waals surface area contributed by atoms with Crippen molar-refractivity contribution in [3.8, 4) is 61.3 Å². The molecule has 0 radical (unpaired) electrons. The predicted octanol–water partition coefficient (Wildman–Crippen LogP) is 16.2. The van der Waals surface area contributed by atoms with Gasteiger partial charge in [0.2, 0.25) is 0 Å². The first-order chi connectivity index (χ1) is 29.7. The molecule has 12 rings (SSSR count). The van der Waals surface area contributed by atoms with Crippen LogP contribution in [0.5, 0.6) is 0 Å². The van der Waals surface area contributed by atoms with E-state index in [0.717, 1.165) is 49.5 Å². The fourth-order valence-corrected chi connectivity index (χ4v) is 9.35. The van der Waals surface area contributed by atoms with E-state index in [-0.39, 0.29) is 0 Å². The van der Waals surface area contributed by atoms with Crippen LogP contribution >= 0.6 is 0 Å². The first-order valence-corrected chi connectivity index (χ1v) is 20.6. The van der Waals surface area contributed by atoms with Gasteiger partial charge in [0.15, 0.2) is 0 Å². The van der Waals surface area contributed by atoms with E-state index in [0.29, 0.717) is 0 Å². The van der Waals surface area contributed by atoms with Gasteiger partial charge >= 0.3 is 0 Å². The average molecular weight is 764 g/mol. The number of rotatable bonds is 6. The van der Waals surface area contributed by atoms with Crippen LogP contribution in [0.2, 0.25) is 0 Å². The molecule has 0 amide bonds. The number of para-hydroxylation sites is 2. The third-order valence-electron chi connectivity index (χ3n) is 12.2. The smallest absolute Gasteiger partial charge is 0.143 e. The number of aromatic nitrogens is 1. The highest BCUT2D eigenvalue weighted by Gasteiger charge is 2.20. The normalized spacial score (nSPS) is 11.7. The minimum atomic E-state index is 0.884. The van der Waals surface area contributed by atoms with E-state index in [1.165, 1.54) is 66.3 Å². The van der Waals surface area contributed by atoms with Gasteiger partial charge in [-0.1, -0.05) is 176 Å². The van der Waals surface area contributed by atoms with Crippen LogP contribution in [0, 0.1) is 0 Å². The fraction of sp³-hybridized carbons (Fsp3) is 0. The molecule has 2 heterocycles.